The van der Waals surface area contributed by atoms with E-state index < -0.39 is 6.04 Å². The number of hydrogen-bond donors (Lipinski definition) is 3. The van der Waals surface area contributed by atoms with Crippen LogP contribution in [-0.2, 0) is 11.3 Å². The molecule has 3 N–H and O–H groups in total. The van der Waals surface area contributed by atoms with E-state index in [2.05, 4.69) is 16.0 Å². The molecule has 3 amide bonds. The van der Waals surface area contributed by atoms with Gasteiger partial charge in [0.15, 0.2) is 0 Å². The Bertz CT molecular complexity index is 765. The summed E-state index contributed by atoms with van der Waals surface area (Å²) in [6, 6.07) is 15.7. The third-order valence-corrected chi connectivity index (χ3v) is 4.61. The number of rotatable bonds is 7. The Hall–Kier alpha value is -2.53. The summed E-state index contributed by atoms with van der Waals surface area (Å²) in [4.78, 5) is 24.9. The van der Waals surface area contributed by atoms with E-state index in [0.29, 0.717) is 11.6 Å². The molecule has 0 bridgehead atoms. The lowest BCUT2D eigenvalue weighted by Gasteiger charge is -2.24. The van der Waals surface area contributed by atoms with Crippen LogP contribution in [0, 0.1) is 5.92 Å². The first-order valence-corrected chi connectivity index (χ1v) is 9.39. The van der Waals surface area contributed by atoms with Crippen molar-refractivity contribution in [3.8, 4) is 0 Å². The summed E-state index contributed by atoms with van der Waals surface area (Å²) in [5, 5.41) is 9.07. The smallest absolute Gasteiger partial charge is 0.315 e. The molecule has 2 atom stereocenters. The normalized spacial score (nSPS) is 12.9. The summed E-state index contributed by atoms with van der Waals surface area (Å²) in [6.07, 6.45) is 0. The summed E-state index contributed by atoms with van der Waals surface area (Å²) in [6.45, 7) is 6.05. The Labute approximate surface area is 165 Å². The van der Waals surface area contributed by atoms with Crippen LogP contribution in [0.3, 0.4) is 0 Å². The second-order valence-electron chi connectivity index (χ2n) is 6.79. The first-order chi connectivity index (χ1) is 12.9. The summed E-state index contributed by atoms with van der Waals surface area (Å²) >= 11 is 6.20. The van der Waals surface area contributed by atoms with Gasteiger partial charge in [-0.25, -0.2) is 4.79 Å². The highest BCUT2D eigenvalue weighted by atomic mass is 35.5. The van der Waals surface area contributed by atoms with Gasteiger partial charge < -0.3 is 16.0 Å². The fourth-order valence-corrected chi connectivity index (χ4v) is 3.01. The van der Waals surface area contributed by atoms with E-state index in [1.807, 2.05) is 69.3 Å². The van der Waals surface area contributed by atoms with Crippen molar-refractivity contribution in [3.05, 3.63) is 70.7 Å². The average Bonchev–Trinajstić information content (AvgIpc) is 2.65. The van der Waals surface area contributed by atoms with Crippen LogP contribution in [0.5, 0.6) is 0 Å². The predicted octanol–water partition coefficient (Wildman–Crippen LogP) is 4.04. The maximum Gasteiger partial charge on any atom is 0.315 e. The van der Waals surface area contributed by atoms with Gasteiger partial charge in [0, 0.05) is 11.6 Å². The minimum Gasteiger partial charge on any atom is -0.348 e. The number of benzene rings is 2. The van der Waals surface area contributed by atoms with Crippen molar-refractivity contribution >= 4 is 23.5 Å². The van der Waals surface area contributed by atoms with Gasteiger partial charge in [0.25, 0.3) is 0 Å². The lowest BCUT2D eigenvalue weighted by atomic mass is 10.0. The number of carbonyl (C=O) groups is 2. The molecule has 2 aromatic rings. The number of carbonyl (C=O) groups excluding carboxylic acids is 2. The zero-order valence-electron chi connectivity index (χ0n) is 15.8. The molecule has 0 saturated carbocycles. The standard InChI is InChI=1S/C21H26ClN3O2/c1-14(2)19(25-21(27)23-13-16-9-5-4-6-10-16)20(26)24-15(3)17-11-7-8-12-18(17)22/h4-12,14-15,19H,13H2,1-3H3,(H,24,26)(H2,23,25,27). The Morgan fingerprint density at radius 1 is 0.926 bits per heavy atom. The van der Waals surface area contributed by atoms with Crippen LogP contribution in [0.2, 0.25) is 5.02 Å². The molecule has 0 radical (unpaired) electrons. The summed E-state index contributed by atoms with van der Waals surface area (Å²) in [5.74, 6) is -0.307. The van der Waals surface area contributed by atoms with Crippen molar-refractivity contribution in [1.82, 2.24) is 16.0 Å². The lowest BCUT2D eigenvalue weighted by molar-refractivity contribution is -0.124. The SMILES string of the molecule is CC(NC(=O)C(NC(=O)NCc1ccccc1)C(C)C)c1ccccc1Cl. The van der Waals surface area contributed by atoms with Crippen LogP contribution < -0.4 is 16.0 Å². The Morgan fingerprint density at radius 2 is 1.56 bits per heavy atom. The topological polar surface area (TPSA) is 70.2 Å². The Balaban J connectivity index is 1.94. The van der Waals surface area contributed by atoms with Gasteiger partial charge in [-0.1, -0.05) is 74.0 Å². The quantitative estimate of drug-likeness (QED) is 0.671. The second kappa shape index (κ2) is 9.97. The van der Waals surface area contributed by atoms with Crippen LogP contribution in [0.15, 0.2) is 54.6 Å². The maximum absolute atomic E-state index is 12.7. The molecule has 0 heterocycles. The maximum atomic E-state index is 12.7. The van der Waals surface area contributed by atoms with Gasteiger partial charge in [-0.3, -0.25) is 4.79 Å². The van der Waals surface area contributed by atoms with E-state index in [1.165, 1.54) is 0 Å². The van der Waals surface area contributed by atoms with Gasteiger partial charge in [0.2, 0.25) is 5.91 Å². The molecule has 0 spiro atoms. The lowest BCUT2D eigenvalue weighted by Crippen LogP contribution is -2.52. The molecular formula is C21H26ClN3O2. The minimum atomic E-state index is -0.647. The third-order valence-electron chi connectivity index (χ3n) is 4.26. The monoisotopic (exact) mass is 387 g/mol. The number of halogens is 1. The van der Waals surface area contributed by atoms with Crippen molar-refractivity contribution in [3.63, 3.8) is 0 Å². The molecule has 144 valence electrons. The zero-order chi connectivity index (χ0) is 19.8. The molecule has 0 aliphatic rings. The average molecular weight is 388 g/mol. The molecule has 6 heteroatoms. The first kappa shape index (κ1) is 20.8. The molecule has 2 aromatic carbocycles. The number of hydrogen-bond acceptors (Lipinski definition) is 2. The van der Waals surface area contributed by atoms with Crippen molar-refractivity contribution in [2.45, 2.75) is 39.4 Å². The number of nitrogens with one attached hydrogen (secondary N) is 3. The highest BCUT2D eigenvalue weighted by molar-refractivity contribution is 6.31. The zero-order valence-corrected chi connectivity index (χ0v) is 16.6. The molecule has 0 aliphatic heterocycles. The summed E-state index contributed by atoms with van der Waals surface area (Å²) in [5.41, 5.74) is 1.83. The highest BCUT2D eigenvalue weighted by Crippen LogP contribution is 2.22. The van der Waals surface area contributed by atoms with Gasteiger partial charge in [-0.15, -0.1) is 0 Å². The molecule has 2 rings (SSSR count). The fourth-order valence-electron chi connectivity index (χ4n) is 2.71. The summed E-state index contributed by atoms with van der Waals surface area (Å²) < 4.78 is 0. The van der Waals surface area contributed by atoms with Gasteiger partial charge in [-0.2, -0.15) is 0 Å². The summed E-state index contributed by atoms with van der Waals surface area (Å²) in [7, 11) is 0. The van der Waals surface area contributed by atoms with E-state index in [4.69, 9.17) is 11.6 Å². The van der Waals surface area contributed by atoms with Gasteiger partial charge in [0.1, 0.15) is 6.04 Å². The molecule has 0 aliphatic carbocycles. The molecule has 0 fully saturated rings. The molecule has 27 heavy (non-hydrogen) atoms. The van der Waals surface area contributed by atoms with Crippen molar-refractivity contribution in [1.29, 1.82) is 0 Å². The minimum absolute atomic E-state index is 0.0640. The largest absolute Gasteiger partial charge is 0.348 e. The molecule has 0 saturated heterocycles. The number of urea groups is 1. The molecule has 2 unspecified atom stereocenters. The predicted molar refractivity (Wildman–Crippen MR) is 108 cm³/mol. The van der Waals surface area contributed by atoms with Crippen molar-refractivity contribution in [2.24, 2.45) is 5.92 Å². The van der Waals surface area contributed by atoms with E-state index in [9.17, 15) is 9.59 Å². The van der Waals surface area contributed by atoms with Gasteiger partial charge in [0.05, 0.1) is 6.04 Å². The van der Waals surface area contributed by atoms with Gasteiger partial charge in [-0.05, 0) is 30.0 Å². The van der Waals surface area contributed by atoms with Crippen LogP contribution in [0.1, 0.15) is 37.9 Å². The van der Waals surface area contributed by atoms with E-state index in [0.717, 1.165) is 11.1 Å². The van der Waals surface area contributed by atoms with E-state index in [1.54, 1.807) is 6.07 Å². The van der Waals surface area contributed by atoms with E-state index in [-0.39, 0.29) is 23.9 Å². The van der Waals surface area contributed by atoms with Crippen LogP contribution in [0.25, 0.3) is 0 Å². The molecule has 0 aromatic heterocycles. The van der Waals surface area contributed by atoms with Crippen molar-refractivity contribution in [2.75, 3.05) is 0 Å². The third kappa shape index (κ3) is 6.29. The van der Waals surface area contributed by atoms with Crippen LogP contribution >= 0.6 is 11.6 Å². The number of amides is 3. The Kier molecular flexibility index (Phi) is 7.67. The second-order valence-corrected chi connectivity index (χ2v) is 7.19. The molecule has 5 nitrogen and oxygen atoms in total. The van der Waals surface area contributed by atoms with E-state index >= 15 is 0 Å². The van der Waals surface area contributed by atoms with Crippen LogP contribution in [0.4, 0.5) is 4.79 Å². The van der Waals surface area contributed by atoms with Crippen LogP contribution in [-0.4, -0.2) is 18.0 Å². The van der Waals surface area contributed by atoms with Gasteiger partial charge >= 0.3 is 6.03 Å². The highest BCUT2D eigenvalue weighted by Gasteiger charge is 2.25. The fraction of sp³-hybridized carbons (Fsp3) is 0.333. The Morgan fingerprint density at radius 3 is 2.19 bits per heavy atom. The first-order valence-electron chi connectivity index (χ1n) is 9.01. The van der Waals surface area contributed by atoms with Crippen molar-refractivity contribution < 1.29 is 9.59 Å². The molecular weight excluding hydrogens is 362 g/mol.